The summed E-state index contributed by atoms with van der Waals surface area (Å²) in [5, 5.41) is 3.12. The Bertz CT molecular complexity index is 925. The van der Waals surface area contributed by atoms with E-state index in [9.17, 15) is 9.59 Å². The summed E-state index contributed by atoms with van der Waals surface area (Å²) in [6, 6.07) is 13.3. The molecular formula is C25H31BrN2O3. The molecule has 3 rings (SSSR count). The molecule has 1 fully saturated rings. The van der Waals surface area contributed by atoms with Crippen molar-refractivity contribution in [3.8, 4) is 5.75 Å². The van der Waals surface area contributed by atoms with Crippen molar-refractivity contribution in [2.24, 2.45) is 0 Å². The number of nitrogens with one attached hydrogen (secondary N) is 1. The van der Waals surface area contributed by atoms with Crippen LogP contribution >= 0.6 is 15.9 Å². The molecule has 1 aliphatic rings. The molecular weight excluding hydrogens is 456 g/mol. The third kappa shape index (κ3) is 6.57. The zero-order valence-corrected chi connectivity index (χ0v) is 20.1. The normalized spacial score (nSPS) is 14.8. The maximum absolute atomic E-state index is 13.2. The minimum absolute atomic E-state index is 0.109. The van der Waals surface area contributed by atoms with Crippen LogP contribution in [0.4, 0.5) is 0 Å². The van der Waals surface area contributed by atoms with Gasteiger partial charge >= 0.3 is 0 Å². The number of amides is 2. The van der Waals surface area contributed by atoms with Crippen molar-refractivity contribution in [2.45, 2.75) is 65.1 Å². The van der Waals surface area contributed by atoms with Crippen molar-refractivity contribution < 1.29 is 14.3 Å². The van der Waals surface area contributed by atoms with E-state index in [4.69, 9.17) is 4.74 Å². The Morgan fingerprint density at radius 2 is 1.90 bits per heavy atom. The van der Waals surface area contributed by atoms with Crippen LogP contribution in [0.1, 0.15) is 49.3 Å². The monoisotopic (exact) mass is 486 g/mol. The predicted octanol–water partition coefficient (Wildman–Crippen LogP) is 4.92. The number of ether oxygens (including phenoxy) is 1. The van der Waals surface area contributed by atoms with E-state index in [0.717, 1.165) is 46.8 Å². The fraction of sp³-hybridized carbons (Fsp3) is 0.440. The lowest BCUT2D eigenvalue weighted by molar-refractivity contribution is -0.142. The molecule has 1 aliphatic carbocycles. The lowest BCUT2D eigenvalue weighted by atomic mass is 10.1. The van der Waals surface area contributed by atoms with Crippen molar-refractivity contribution in [1.29, 1.82) is 0 Å². The van der Waals surface area contributed by atoms with Gasteiger partial charge in [-0.1, -0.05) is 53.0 Å². The van der Waals surface area contributed by atoms with Gasteiger partial charge in [0.2, 0.25) is 5.91 Å². The van der Waals surface area contributed by atoms with Crippen LogP contribution in [0.15, 0.2) is 46.9 Å². The number of benzene rings is 2. The van der Waals surface area contributed by atoms with Crippen molar-refractivity contribution in [2.75, 3.05) is 6.61 Å². The van der Waals surface area contributed by atoms with Gasteiger partial charge in [-0.15, -0.1) is 0 Å². The Morgan fingerprint density at radius 1 is 1.16 bits per heavy atom. The van der Waals surface area contributed by atoms with Gasteiger partial charge in [-0.05, 0) is 68.5 Å². The van der Waals surface area contributed by atoms with E-state index in [0.29, 0.717) is 12.3 Å². The highest BCUT2D eigenvalue weighted by atomic mass is 79.9. The average molecular weight is 487 g/mol. The molecule has 0 unspecified atom stereocenters. The quantitative estimate of drug-likeness (QED) is 0.575. The third-order valence-corrected chi connectivity index (χ3v) is 6.30. The van der Waals surface area contributed by atoms with Gasteiger partial charge in [-0.3, -0.25) is 9.59 Å². The first kappa shape index (κ1) is 23.3. The van der Waals surface area contributed by atoms with Crippen molar-refractivity contribution in [3.05, 3.63) is 63.6 Å². The van der Waals surface area contributed by atoms with E-state index in [1.165, 1.54) is 0 Å². The maximum Gasteiger partial charge on any atom is 0.261 e. The van der Waals surface area contributed by atoms with Gasteiger partial charge in [0, 0.05) is 17.1 Å². The highest BCUT2D eigenvalue weighted by molar-refractivity contribution is 9.10. The van der Waals surface area contributed by atoms with Gasteiger partial charge in [0.15, 0.2) is 6.61 Å². The highest BCUT2D eigenvalue weighted by Crippen LogP contribution is 2.21. The lowest BCUT2D eigenvalue weighted by Gasteiger charge is -2.30. The van der Waals surface area contributed by atoms with Gasteiger partial charge in [-0.2, -0.15) is 0 Å². The second kappa shape index (κ2) is 10.8. The topological polar surface area (TPSA) is 58.6 Å². The van der Waals surface area contributed by atoms with Crippen LogP contribution in [0.2, 0.25) is 0 Å². The fourth-order valence-corrected chi connectivity index (χ4v) is 4.34. The number of halogens is 1. The molecule has 2 aromatic rings. The van der Waals surface area contributed by atoms with Gasteiger partial charge in [-0.25, -0.2) is 0 Å². The molecule has 0 bridgehead atoms. The summed E-state index contributed by atoms with van der Waals surface area (Å²) in [4.78, 5) is 27.7. The van der Waals surface area contributed by atoms with Gasteiger partial charge in [0.25, 0.3) is 5.91 Å². The number of carbonyl (C=O) groups is 2. The number of nitrogens with zero attached hydrogens (tertiary/aromatic N) is 1. The molecule has 2 aromatic carbocycles. The molecule has 1 saturated carbocycles. The Kier molecular flexibility index (Phi) is 8.13. The van der Waals surface area contributed by atoms with Crippen molar-refractivity contribution in [3.63, 3.8) is 0 Å². The summed E-state index contributed by atoms with van der Waals surface area (Å²) in [5.74, 6) is 0.371. The Hall–Kier alpha value is -2.34. The van der Waals surface area contributed by atoms with E-state index in [-0.39, 0.29) is 24.5 Å². The van der Waals surface area contributed by atoms with Crippen LogP contribution < -0.4 is 10.1 Å². The van der Waals surface area contributed by atoms with E-state index in [1.54, 1.807) is 11.8 Å². The molecule has 0 heterocycles. The van der Waals surface area contributed by atoms with Crippen LogP contribution in [0.25, 0.3) is 0 Å². The molecule has 0 aromatic heterocycles. The minimum atomic E-state index is -0.589. The molecule has 2 amide bonds. The standard InChI is InChI=1S/C25H31BrN2O3/c1-17-11-12-18(2)23(13-17)31-16-24(29)28(15-20-7-6-8-21(26)14-20)19(3)25(30)27-22-9-4-5-10-22/h6-8,11-14,19,22H,4-5,9-10,15-16H2,1-3H3,(H,27,30)/t19-/m1/s1. The summed E-state index contributed by atoms with van der Waals surface area (Å²) >= 11 is 3.48. The molecule has 31 heavy (non-hydrogen) atoms. The minimum Gasteiger partial charge on any atom is -0.483 e. The molecule has 0 saturated heterocycles. The molecule has 6 heteroatoms. The first-order valence-corrected chi connectivity index (χ1v) is 11.7. The van der Waals surface area contributed by atoms with Gasteiger partial charge in [0.1, 0.15) is 11.8 Å². The predicted molar refractivity (Wildman–Crippen MR) is 126 cm³/mol. The average Bonchev–Trinajstić information content (AvgIpc) is 3.25. The van der Waals surface area contributed by atoms with Crippen LogP contribution in [0.3, 0.4) is 0 Å². The fourth-order valence-electron chi connectivity index (χ4n) is 3.89. The summed E-state index contributed by atoms with van der Waals surface area (Å²) in [5.41, 5.74) is 3.00. The summed E-state index contributed by atoms with van der Waals surface area (Å²) in [6.45, 7) is 5.96. The SMILES string of the molecule is Cc1ccc(C)c(OCC(=O)N(Cc2cccc(Br)c2)[C@H](C)C(=O)NC2CCCC2)c1. The molecule has 5 nitrogen and oxygen atoms in total. The zero-order valence-electron chi connectivity index (χ0n) is 18.5. The first-order valence-electron chi connectivity index (χ1n) is 10.9. The highest BCUT2D eigenvalue weighted by Gasteiger charge is 2.28. The molecule has 0 aliphatic heterocycles. The third-order valence-electron chi connectivity index (χ3n) is 5.81. The molecule has 1 N–H and O–H groups in total. The smallest absolute Gasteiger partial charge is 0.261 e. The summed E-state index contributed by atoms with van der Waals surface area (Å²) in [7, 11) is 0. The second-order valence-electron chi connectivity index (χ2n) is 8.38. The first-order chi connectivity index (χ1) is 14.8. The summed E-state index contributed by atoms with van der Waals surface area (Å²) in [6.07, 6.45) is 4.30. The number of hydrogen-bond donors (Lipinski definition) is 1. The molecule has 1 atom stereocenters. The van der Waals surface area contributed by atoms with Crippen LogP contribution in [-0.4, -0.2) is 35.4 Å². The van der Waals surface area contributed by atoms with Crippen LogP contribution in [0.5, 0.6) is 5.75 Å². The number of hydrogen-bond acceptors (Lipinski definition) is 3. The van der Waals surface area contributed by atoms with Crippen molar-refractivity contribution >= 4 is 27.7 Å². The Labute approximate surface area is 193 Å². The van der Waals surface area contributed by atoms with Gasteiger partial charge < -0.3 is 15.0 Å². The second-order valence-corrected chi connectivity index (χ2v) is 9.29. The molecule has 166 valence electrons. The lowest BCUT2D eigenvalue weighted by Crippen LogP contribution is -2.50. The number of carbonyl (C=O) groups excluding carboxylic acids is 2. The molecule has 0 spiro atoms. The van der Waals surface area contributed by atoms with Crippen molar-refractivity contribution in [1.82, 2.24) is 10.2 Å². The zero-order chi connectivity index (χ0) is 22.4. The van der Waals surface area contributed by atoms with E-state index < -0.39 is 6.04 Å². The Balaban J connectivity index is 1.73. The largest absolute Gasteiger partial charge is 0.483 e. The number of aryl methyl sites for hydroxylation is 2. The maximum atomic E-state index is 13.2. The van der Waals surface area contributed by atoms with E-state index in [2.05, 4.69) is 21.2 Å². The van der Waals surface area contributed by atoms with Crippen LogP contribution in [-0.2, 0) is 16.1 Å². The number of rotatable bonds is 8. The molecule has 0 radical (unpaired) electrons. The van der Waals surface area contributed by atoms with Crippen LogP contribution in [0, 0.1) is 13.8 Å². The van der Waals surface area contributed by atoms with E-state index >= 15 is 0 Å². The Morgan fingerprint density at radius 3 is 2.61 bits per heavy atom. The van der Waals surface area contributed by atoms with Gasteiger partial charge in [0.05, 0.1) is 0 Å². The summed E-state index contributed by atoms with van der Waals surface area (Å²) < 4.78 is 6.79. The van der Waals surface area contributed by atoms with E-state index in [1.807, 2.05) is 56.3 Å².